The summed E-state index contributed by atoms with van der Waals surface area (Å²) in [5, 5.41) is -0.515. The Morgan fingerprint density at radius 2 is 2.00 bits per heavy atom. The Labute approximate surface area is 119 Å². The molecule has 1 unspecified atom stereocenters. The Kier molecular flexibility index (Phi) is 5.00. The molecule has 0 aromatic heterocycles. The molecular formula is C12H23N3O2S2. The van der Waals surface area contributed by atoms with Crippen molar-refractivity contribution >= 4 is 27.6 Å². The number of rotatable bonds is 2. The first-order chi connectivity index (χ1) is 8.98. The van der Waals surface area contributed by atoms with E-state index in [0.717, 1.165) is 18.6 Å². The maximum absolute atomic E-state index is 11.8. The van der Waals surface area contributed by atoms with Gasteiger partial charge in [-0.1, -0.05) is 19.3 Å². The highest BCUT2D eigenvalue weighted by Crippen LogP contribution is 2.23. The summed E-state index contributed by atoms with van der Waals surface area (Å²) in [6, 6.07) is 0.281. The van der Waals surface area contributed by atoms with Crippen LogP contribution in [0.3, 0.4) is 0 Å². The van der Waals surface area contributed by atoms with Crippen molar-refractivity contribution in [3.63, 3.8) is 0 Å². The van der Waals surface area contributed by atoms with Crippen molar-refractivity contribution in [2.75, 3.05) is 24.3 Å². The van der Waals surface area contributed by atoms with E-state index in [4.69, 9.17) is 5.73 Å². The Balaban J connectivity index is 2.10. The van der Waals surface area contributed by atoms with Crippen molar-refractivity contribution in [2.24, 2.45) is 10.7 Å². The van der Waals surface area contributed by atoms with E-state index in [1.165, 1.54) is 25.5 Å². The summed E-state index contributed by atoms with van der Waals surface area (Å²) in [7, 11) is -3.12. The monoisotopic (exact) mass is 305 g/mol. The quantitative estimate of drug-likeness (QED) is 0.610. The molecule has 110 valence electrons. The SMILES string of the molecule is CS(=O)(=O)C1CSCCN1C(N)=NC1CCCCC1. The second kappa shape index (κ2) is 6.35. The molecule has 0 amide bonds. The van der Waals surface area contributed by atoms with Gasteiger partial charge in [0.2, 0.25) is 0 Å². The Hall–Kier alpha value is -0.430. The molecule has 7 heteroatoms. The van der Waals surface area contributed by atoms with Crippen LogP contribution in [-0.4, -0.2) is 55.0 Å². The summed E-state index contributed by atoms with van der Waals surface area (Å²) in [4.78, 5) is 6.35. The highest BCUT2D eigenvalue weighted by Gasteiger charge is 2.32. The Bertz CT molecular complexity index is 430. The first-order valence-electron chi connectivity index (χ1n) is 6.85. The van der Waals surface area contributed by atoms with Crippen LogP contribution in [0.2, 0.25) is 0 Å². The average molecular weight is 305 g/mol. The number of nitrogens with zero attached hydrogens (tertiary/aromatic N) is 2. The second-order valence-electron chi connectivity index (χ2n) is 5.33. The third-order valence-corrected chi connectivity index (χ3v) is 6.41. The second-order valence-corrected chi connectivity index (χ2v) is 8.68. The Morgan fingerprint density at radius 3 is 2.63 bits per heavy atom. The fourth-order valence-corrected chi connectivity index (χ4v) is 5.50. The molecule has 2 aliphatic rings. The number of sulfone groups is 1. The molecule has 5 nitrogen and oxygen atoms in total. The molecule has 1 aliphatic carbocycles. The van der Waals surface area contributed by atoms with Crippen molar-refractivity contribution in [1.29, 1.82) is 0 Å². The van der Waals surface area contributed by atoms with E-state index in [1.54, 1.807) is 16.7 Å². The summed E-state index contributed by atoms with van der Waals surface area (Å²) < 4.78 is 23.7. The molecular weight excluding hydrogens is 282 g/mol. The van der Waals surface area contributed by atoms with Crippen LogP contribution in [0.1, 0.15) is 32.1 Å². The van der Waals surface area contributed by atoms with Gasteiger partial charge in [0.15, 0.2) is 15.8 Å². The van der Waals surface area contributed by atoms with Crippen LogP contribution >= 0.6 is 11.8 Å². The molecule has 1 saturated heterocycles. The smallest absolute Gasteiger partial charge is 0.192 e. The van der Waals surface area contributed by atoms with E-state index >= 15 is 0 Å². The van der Waals surface area contributed by atoms with Crippen LogP contribution in [0.5, 0.6) is 0 Å². The van der Waals surface area contributed by atoms with Gasteiger partial charge >= 0.3 is 0 Å². The van der Waals surface area contributed by atoms with E-state index < -0.39 is 15.2 Å². The third-order valence-electron chi connectivity index (χ3n) is 3.76. The van der Waals surface area contributed by atoms with Crippen LogP contribution in [0.4, 0.5) is 0 Å². The predicted octanol–water partition coefficient (Wildman–Crippen LogP) is 1.05. The predicted molar refractivity (Wildman–Crippen MR) is 81.2 cm³/mol. The highest BCUT2D eigenvalue weighted by atomic mass is 32.2. The number of hydrogen-bond acceptors (Lipinski definition) is 4. The van der Waals surface area contributed by atoms with Crippen LogP contribution in [0.15, 0.2) is 4.99 Å². The van der Waals surface area contributed by atoms with E-state index in [1.807, 2.05) is 0 Å². The van der Waals surface area contributed by atoms with E-state index in [-0.39, 0.29) is 6.04 Å². The van der Waals surface area contributed by atoms with E-state index in [9.17, 15) is 8.42 Å². The zero-order valence-electron chi connectivity index (χ0n) is 11.4. The van der Waals surface area contributed by atoms with Crippen molar-refractivity contribution in [1.82, 2.24) is 4.90 Å². The molecule has 1 heterocycles. The van der Waals surface area contributed by atoms with Crippen molar-refractivity contribution in [3.05, 3.63) is 0 Å². The van der Waals surface area contributed by atoms with Gasteiger partial charge in [-0.05, 0) is 12.8 Å². The van der Waals surface area contributed by atoms with Crippen molar-refractivity contribution in [3.8, 4) is 0 Å². The van der Waals surface area contributed by atoms with Gasteiger partial charge in [0.05, 0.1) is 6.04 Å². The number of thioether (sulfide) groups is 1. The topological polar surface area (TPSA) is 75.8 Å². The van der Waals surface area contributed by atoms with Crippen molar-refractivity contribution in [2.45, 2.75) is 43.5 Å². The van der Waals surface area contributed by atoms with Crippen LogP contribution in [-0.2, 0) is 9.84 Å². The first-order valence-corrected chi connectivity index (χ1v) is 9.96. The fraction of sp³-hybridized carbons (Fsp3) is 0.917. The van der Waals surface area contributed by atoms with Crippen LogP contribution < -0.4 is 5.73 Å². The van der Waals surface area contributed by atoms with Gasteiger partial charge < -0.3 is 10.6 Å². The standard InChI is InChI=1S/C12H23N3O2S2/c1-19(16,17)11-9-18-8-7-15(11)12(13)14-10-5-3-2-4-6-10/h10-11H,2-9H2,1H3,(H2,13,14). The molecule has 2 N–H and O–H groups in total. The maximum atomic E-state index is 11.8. The summed E-state index contributed by atoms with van der Waals surface area (Å²) in [6.45, 7) is 0.671. The summed E-state index contributed by atoms with van der Waals surface area (Å²) in [6.07, 6.45) is 7.11. The van der Waals surface area contributed by atoms with E-state index in [2.05, 4.69) is 4.99 Å². The summed E-state index contributed by atoms with van der Waals surface area (Å²) in [5.74, 6) is 1.91. The molecule has 2 fully saturated rings. The average Bonchev–Trinajstić information content (AvgIpc) is 2.39. The third kappa shape index (κ3) is 4.02. The lowest BCUT2D eigenvalue weighted by atomic mass is 9.96. The Morgan fingerprint density at radius 1 is 1.32 bits per heavy atom. The lowest BCUT2D eigenvalue weighted by Gasteiger charge is -2.35. The minimum atomic E-state index is -3.12. The maximum Gasteiger partial charge on any atom is 0.192 e. The zero-order valence-corrected chi connectivity index (χ0v) is 13.0. The number of guanidine groups is 1. The van der Waals surface area contributed by atoms with Gasteiger partial charge in [0.1, 0.15) is 5.37 Å². The van der Waals surface area contributed by atoms with Gasteiger partial charge in [0, 0.05) is 24.3 Å². The first kappa shape index (κ1) is 15.0. The van der Waals surface area contributed by atoms with Gasteiger partial charge in [-0.3, -0.25) is 0 Å². The summed E-state index contributed by atoms with van der Waals surface area (Å²) >= 11 is 1.67. The zero-order chi connectivity index (χ0) is 13.9. The van der Waals surface area contributed by atoms with Crippen LogP contribution in [0.25, 0.3) is 0 Å². The van der Waals surface area contributed by atoms with E-state index in [0.29, 0.717) is 18.3 Å². The number of hydrogen-bond donors (Lipinski definition) is 1. The molecule has 19 heavy (non-hydrogen) atoms. The fourth-order valence-electron chi connectivity index (χ4n) is 2.67. The molecule has 0 aromatic rings. The summed E-state index contributed by atoms with van der Waals surface area (Å²) in [5.41, 5.74) is 6.07. The lowest BCUT2D eigenvalue weighted by Crippen LogP contribution is -2.53. The minimum absolute atomic E-state index is 0.281. The van der Waals surface area contributed by atoms with Crippen molar-refractivity contribution < 1.29 is 8.42 Å². The molecule has 1 aliphatic heterocycles. The largest absolute Gasteiger partial charge is 0.370 e. The number of aliphatic imine (C=N–C) groups is 1. The minimum Gasteiger partial charge on any atom is -0.370 e. The highest BCUT2D eigenvalue weighted by molar-refractivity contribution is 8.00. The van der Waals surface area contributed by atoms with Gasteiger partial charge in [-0.2, -0.15) is 11.8 Å². The van der Waals surface area contributed by atoms with Gasteiger partial charge in [-0.15, -0.1) is 0 Å². The normalized spacial score (nSPS) is 27.5. The number of nitrogens with two attached hydrogens (primary N) is 1. The van der Waals surface area contributed by atoms with Gasteiger partial charge in [-0.25, -0.2) is 13.4 Å². The molecule has 2 rings (SSSR count). The molecule has 1 atom stereocenters. The lowest BCUT2D eigenvalue weighted by molar-refractivity contribution is 0.391. The van der Waals surface area contributed by atoms with Gasteiger partial charge in [0.25, 0.3) is 0 Å². The molecule has 1 saturated carbocycles. The molecule has 0 bridgehead atoms. The molecule has 0 aromatic carbocycles. The molecule has 0 radical (unpaired) electrons. The molecule has 0 spiro atoms. The van der Waals surface area contributed by atoms with Crippen LogP contribution in [0, 0.1) is 0 Å².